The average molecular weight is 331 g/mol. The highest BCUT2D eigenvalue weighted by atomic mass is 32.2. The van der Waals surface area contributed by atoms with Gasteiger partial charge in [-0.05, 0) is 76.4 Å². The lowest BCUT2D eigenvalue weighted by Gasteiger charge is -2.40. The molecule has 1 heterocycles. The maximum Gasteiger partial charge on any atom is 0.136 e. The van der Waals surface area contributed by atoms with Gasteiger partial charge in [-0.3, -0.25) is 0 Å². The molecule has 0 saturated carbocycles. The zero-order valence-electron chi connectivity index (χ0n) is 14.1. The van der Waals surface area contributed by atoms with E-state index >= 15 is 0 Å². The van der Waals surface area contributed by atoms with Crippen molar-refractivity contribution in [1.82, 2.24) is 10.0 Å². The summed E-state index contributed by atoms with van der Waals surface area (Å²) in [7, 11) is 0. The zero-order chi connectivity index (χ0) is 16.7. The minimum atomic E-state index is -1.10. The second kappa shape index (κ2) is 6.10. The van der Waals surface area contributed by atoms with Gasteiger partial charge in [-0.1, -0.05) is 6.07 Å². The molecule has 1 aliphatic heterocycles. The number of hydrogen-bond donors (Lipinski definition) is 2. The summed E-state index contributed by atoms with van der Waals surface area (Å²) in [5.74, 6) is 0. The molecule has 23 heavy (non-hydrogen) atoms. The zero-order valence-corrected chi connectivity index (χ0v) is 14.9. The van der Waals surface area contributed by atoms with Gasteiger partial charge in [0.1, 0.15) is 4.75 Å². The third-order valence-electron chi connectivity index (χ3n) is 5.12. The molecular weight excluding hydrogens is 306 g/mol. The molecule has 5 heteroatoms. The number of fused-ring (bicyclic) bond motifs is 1. The molecule has 1 fully saturated rings. The standard InChI is InChI=1S/C18H25N3OS/c1-17(2,3)23(22)21-16-15-5-4-13(12-19)10-14(15)11-18(16)6-8-20-9-7-18/h4-5,10,16,20-21H,6-9,11H2,1-3H3/t16-,23?/m1/s1. The van der Waals surface area contributed by atoms with Crippen LogP contribution >= 0.6 is 0 Å². The molecule has 1 aromatic rings. The van der Waals surface area contributed by atoms with Crippen molar-refractivity contribution < 1.29 is 4.55 Å². The largest absolute Gasteiger partial charge is 0.598 e. The van der Waals surface area contributed by atoms with E-state index in [1.807, 2.05) is 32.9 Å². The van der Waals surface area contributed by atoms with Gasteiger partial charge < -0.3 is 9.87 Å². The first-order valence-electron chi connectivity index (χ1n) is 8.27. The highest BCUT2D eigenvalue weighted by molar-refractivity contribution is 7.90. The van der Waals surface area contributed by atoms with Crippen LogP contribution in [-0.4, -0.2) is 22.4 Å². The van der Waals surface area contributed by atoms with E-state index in [1.54, 1.807) is 0 Å². The lowest BCUT2D eigenvalue weighted by Crippen LogP contribution is -2.48. The predicted octanol–water partition coefficient (Wildman–Crippen LogP) is 2.58. The smallest absolute Gasteiger partial charge is 0.136 e. The van der Waals surface area contributed by atoms with Gasteiger partial charge in [0, 0.05) is 16.8 Å². The van der Waals surface area contributed by atoms with Crippen LogP contribution in [0.1, 0.15) is 56.3 Å². The number of benzene rings is 1. The molecular formula is C18H25N3OS. The molecule has 0 radical (unpaired) electrons. The normalized spacial score (nSPS) is 24.2. The molecule has 2 aliphatic rings. The van der Waals surface area contributed by atoms with Gasteiger partial charge in [0.05, 0.1) is 17.7 Å². The highest BCUT2D eigenvalue weighted by Gasteiger charge is 2.49. The fourth-order valence-electron chi connectivity index (χ4n) is 3.78. The highest BCUT2D eigenvalue weighted by Crippen LogP contribution is 2.51. The summed E-state index contributed by atoms with van der Waals surface area (Å²) in [5, 5.41) is 12.6. The topological polar surface area (TPSA) is 70.9 Å². The van der Waals surface area contributed by atoms with E-state index < -0.39 is 11.4 Å². The summed E-state index contributed by atoms with van der Waals surface area (Å²) in [6.07, 6.45) is 3.11. The maximum atomic E-state index is 12.7. The molecule has 2 atom stereocenters. The third kappa shape index (κ3) is 3.14. The number of hydrogen-bond acceptors (Lipinski definition) is 4. The van der Waals surface area contributed by atoms with Crippen molar-refractivity contribution in [2.45, 2.75) is 50.8 Å². The molecule has 4 nitrogen and oxygen atoms in total. The van der Waals surface area contributed by atoms with E-state index in [1.165, 1.54) is 11.1 Å². The van der Waals surface area contributed by atoms with Crippen molar-refractivity contribution in [2.24, 2.45) is 5.41 Å². The van der Waals surface area contributed by atoms with Gasteiger partial charge in [0.2, 0.25) is 0 Å². The van der Waals surface area contributed by atoms with Gasteiger partial charge in [-0.2, -0.15) is 5.26 Å². The first-order valence-corrected chi connectivity index (χ1v) is 9.42. The summed E-state index contributed by atoms with van der Waals surface area (Å²) in [6, 6.07) is 8.29. The molecule has 0 aromatic heterocycles. The van der Waals surface area contributed by atoms with Crippen LogP contribution < -0.4 is 10.0 Å². The van der Waals surface area contributed by atoms with E-state index in [0.29, 0.717) is 5.56 Å². The third-order valence-corrected chi connectivity index (χ3v) is 6.68. The Morgan fingerprint density at radius 3 is 2.65 bits per heavy atom. The van der Waals surface area contributed by atoms with Gasteiger partial charge in [-0.15, -0.1) is 4.72 Å². The van der Waals surface area contributed by atoms with E-state index in [4.69, 9.17) is 5.26 Å². The lowest BCUT2D eigenvalue weighted by atomic mass is 9.73. The Morgan fingerprint density at radius 2 is 2.04 bits per heavy atom. The predicted molar refractivity (Wildman–Crippen MR) is 93.2 cm³/mol. The van der Waals surface area contributed by atoms with Crippen LogP contribution in [0.3, 0.4) is 0 Å². The quantitative estimate of drug-likeness (QED) is 0.817. The second-order valence-electron chi connectivity index (χ2n) is 7.75. The van der Waals surface area contributed by atoms with Crippen molar-refractivity contribution in [3.05, 3.63) is 34.9 Å². The SMILES string of the molecule is CC(C)(C)[S+]([O-])N[C@@H]1c2ccc(C#N)cc2CC12CCNCC2. The molecule has 1 unspecified atom stereocenters. The van der Waals surface area contributed by atoms with Crippen LogP contribution in [0.5, 0.6) is 0 Å². The van der Waals surface area contributed by atoms with E-state index in [2.05, 4.69) is 22.2 Å². The van der Waals surface area contributed by atoms with Crippen LogP contribution in [0.2, 0.25) is 0 Å². The molecule has 124 valence electrons. The molecule has 0 bridgehead atoms. The molecule has 3 rings (SSSR count). The van der Waals surface area contributed by atoms with Crippen LogP contribution in [0.4, 0.5) is 0 Å². The van der Waals surface area contributed by atoms with Gasteiger partial charge >= 0.3 is 0 Å². The molecule has 0 amide bonds. The number of nitrogens with one attached hydrogen (secondary N) is 2. The number of piperidine rings is 1. The number of nitrogens with zero attached hydrogens (tertiary/aromatic N) is 1. The second-order valence-corrected chi connectivity index (χ2v) is 9.74. The van der Waals surface area contributed by atoms with Crippen molar-refractivity contribution >= 4 is 11.4 Å². The van der Waals surface area contributed by atoms with Crippen molar-refractivity contribution in [1.29, 1.82) is 5.26 Å². The fraction of sp³-hybridized carbons (Fsp3) is 0.611. The molecule has 1 saturated heterocycles. The summed E-state index contributed by atoms with van der Waals surface area (Å²) in [6.45, 7) is 8.00. The van der Waals surface area contributed by atoms with E-state index in [-0.39, 0.29) is 16.2 Å². The van der Waals surface area contributed by atoms with Gasteiger partial charge in [0.25, 0.3) is 0 Å². The summed E-state index contributed by atoms with van der Waals surface area (Å²) >= 11 is -1.10. The Labute approximate surface area is 142 Å². The van der Waals surface area contributed by atoms with Gasteiger partial charge in [0.15, 0.2) is 0 Å². The van der Waals surface area contributed by atoms with Crippen LogP contribution in [-0.2, 0) is 17.8 Å². The summed E-state index contributed by atoms with van der Waals surface area (Å²) in [4.78, 5) is 0. The van der Waals surface area contributed by atoms with Gasteiger partial charge in [-0.25, -0.2) is 0 Å². The number of rotatable bonds is 2. The maximum absolute atomic E-state index is 12.7. The lowest BCUT2D eigenvalue weighted by molar-refractivity contribution is 0.163. The Balaban J connectivity index is 1.96. The minimum Gasteiger partial charge on any atom is -0.598 e. The molecule has 2 N–H and O–H groups in total. The molecule has 1 spiro atoms. The van der Waals surface area contributed by atoms with Crippen LogP contribution in [0.25, 0.3) is 0 Å². The Morgan fingerprint density at radius 1 is 1.35 bits per heavy atom. The van der Waals surface area contributed by atoms with Crippen molar-refractivity contribution in [2.75, 3.05) is 13.1 Å². The molecule has 1 aromatic carbocycles. The Hall–Kier alpha value is -1.06. The fourth-order valence-corrected chi connectivity index (χ4v) is 4.73. The monoisotopic (exact) mass is 331 g/mol. The summed E-state index contributed by atoms with van der Waals surface area (Å²) < 4.78 is 15.9. The number of nitriles is 1. The first kappa shape index (κ1) is 16.8. The minimum absolute atomic E-state index is 0.104. The summed E-state index contributed by atoms with van der Waals surface area (Å²) in [5.41, 5.74) is 3.30. The van der Waals surface area contributed by atoms with E-state index in [0.717, 1.165) is 32.4 Å². The van der Waals surface area contributed by atoms with Crippen molar-refractivity contribution in [3.8, 4) is 6.07 Å². The first-order chi connectivity index (χ1) is 10.9. The molecule has 1 aliphatic carbocycles. The Kier molecular flexibility index (Phi) is 4.45. The van der Waals surface area contributed by atoms with E-state index in [9.17, 15) is 4.55 Å². The average Bonchev–Trinajstić information content (AvgIpc) is 2.79. The Bertz CT molecular complexity index is 626. The van der Waals surface area contributed by atoms with Crippen molar-refractivity contribution in [3.63, 3.8) is 0 Å². The van der Waals surface area contributed by atoms with Crippen LogP contribution in [0, 0.1) is 16.7 Å². The van der Waals surface area contributed by atoms with Crippen LogP contribution in [0.15, 0.2) is 18.2 Å².